The highest BCUT2D eigenvalue weighted by Crippen LogP contribution is 2.22. The van der Waals surface area contributed by atoms with Gasteiger partial charge >= 0.3 is 5.97 Å². The van der Waals surface area contributed by atoms with Gasteiger partial charge in [-0.3, -0.25) is 4.79 Å². The zero-order valence-electron chi connectivity index (χ0n) is 18.2. The minimum absolute atomic E-state index is 0.251. The normalized spacial score (nSPS) is 18.3. The molecule has 3 atom stereocenters. The zero-order chi connectivity index (χ0) is 19.5. The van der Waals surface area contributed by atoms with E-state index in [1.165, 1.54) is 38.5 Å². The SMILES string of the molecule is [2H]C([2H])([2H])C(CCCC(C)CCCC(C)CCCC(C)C)CC(=O)O. The van der Waals surface area contributed by atoms with E-state index in [9.17, 15) is 4.79 Å². The van der Waals surface area contributed by atoms with Crippen LogP contribution in [0.5, 0.6) is 0 Å². The molecule has 0 aliphatic rings. The first-order valence-electron chi connectivity index (χ1n) is 10.7. The van der Waals surface area contributed by atoms with Crippen LogP contribution in [0.2, 0.25) is 0 Å². The fraction of sp³-hybridized carbons (Fsp3) is 0.950. The summed E-state index contributed by atoms with van der Waals surface area (Å²) in [6, 6.07) is 0. The molecular formula is C20H40O2. The second-order valence-corrected chi connectivity index (χ2v) is 7.69. The molecule has 0 radical (unpaired) electrons. The molecule has 0 fully saturated rings. The summed E-state index contributed by atoms with van der Waals surface area (Å²) in [4.78, 5) is 10.8. The van der Waals surface area contributed by atoms with Crippen molar-refractivity contribution >= 4 is 5.97 Å². The van der Waals surface area contributed by atoms with Gasteiger partial charge in [0.2, 0.25) is 0 Å². The first-order valence-corrected chi connectivity index (χ1v) is 9.24. The van der Waals surface area contributed by atoms with Crippen LogP contribution in [0.3, 0.4) is 0 Å². The summed E-state index contributed by atoms with van der Waals surface area (Å²) < 4.78 is 22.4. The Morgan fingerprint density at radius 1 is 0.818 bits per heavy atom. The largest absolute Gasteiger partial charge is 0.481 e. The van der Waals surface area contributed by atoms with Crippen molar-refractivity contribution in [1.82, 2.24) is 0 Å². The van der Waals surface area contributed by atoms with E-state index in [4.69, 9.17) is 9.22 Å². The Balaban J connectivity index is 3.88. The summed E-state index contributed by atoms with van der Waals surface area (Å²) >= 11 is 0. The minimum atomic E-state index is -2.16. The van der Waals surface area contributed by atoms with Crippen LogP contribution in [0.15, 0.2) is 0 Å². The van der Waals surface area contributed by atoms with Crippen LogP contribution in [0.1, 0.15) is 103 Å². The maximum absolute atomic E-state index is 10.8. The molecule has 0 aliphatic carbocycles. The fourth-order valence-corrected chi connectivity index (χ4v) is 3.00. The first kappa shape index (κ1) is 16.3. The van der Waals surface area contributed by atoms with Crippen LogP contribution in [-0.4, -0.2) is 11.1 Å². The van der Waals surface area contributed by atoms with Gasteiger partial charge in [-0.15, -0.1) is 0 Å². The van der Waals surface area contributed by atoms with Gasteiger partial charge in [-0.05, 0) is 23.7 Å². The van der Waals surface area contributed by atoms with Crippen molar-refractivity contribution < 1.29 is 14.0 Å². The molecule has 132 valence electrons. The predicted octanol–water partition coefficient (Wildman–Crippen LogP) is 6.54. The van der Waals surface area contributed by atoms with Crippen LogP contribution < -0.4 is 0 Å². The summed E-state index contributed by atoms with van der Waals surface area (Å²) in [5.74, 6) is 0.456. The highest BCUT2D eigenvalue weighted by molar-refractivity contribution is 5.66. The van der Waals surface area contributed by atoms with Crippen LogP contribution in [0.25, 0.3) is 0 Å². The van der Waals surface area contributed by atoms with E-state index in [0.717, 1.165) is 24.7 Å². The van der Waals surface area contributed by atoms with E-state index >= 15 is 0 Å². The molecule has 22 heavy (non-hydrogen) atoms. The molecule has 0 bridgehead atoms. The third-order valence-electron chi connectivity index (χ3n) is 4.54. The molecule has 0 spiro atoms. The lowest BCUT2D eigenvalue weighted by molar-refractivity contribution is -0.138. The highest BCUT2D eigenvalue weighted by atomic mass is 16.4. The minimum Gasteiger partial charge on any atom is -0.481 e. The van der Waals surface area contributed by atoms with Gasteiger partial charge in [-0.25, -0.2) is 0 Å². The van der Waals surface area contributed by atoms with Gasteiger partial charge in [0.05, 0.1) is 0 Å². The highest BCUT2D eigenvalue weighted by Gasteiger charge is 2.09. The monoisotopic (exact) mass is 315 g/mol. The second-order valence-electron chi connectivity index (χ2n) is 7.69. The zero-order valence-corrected chi connectivity index (χ0v) is 15.2. The Labute approximate surface area is 143 Å². The molecule has 2 nitrogen and oxygen atoms in total. The average Bonchev–Trinajstić information content (AvgIpc) is 2.44. The Morgan fingerprint density at radius 2 is 1.23 bits per heavy atom. The third-order valence-corrected chi connectivity index (χ3v) is 4.54. The van der Waals surface area contributed by atoms with Gasteiger partial charge in [0, 0.05) is 10.5 Å². The fourth-order valence-electron chi connectivity index (χ4n) is 3.00. The van der Waals surface area contributed by atoms with Crippen molar-refractivity contribution in [2.45, 2.75) is 98.8 Å². The standard InChI is InChI=1S/C20H40O2/c1-16(2)9-6-10-17(3)11-7-12-18(4)13-8-14-19(5)15-20(21)22/h16-19H,6-15H2,1-5H3,(H,21,22)/i5D3. The number of rotatable bonds is 14. The Kier molecular flexibility index (Phi) is 9.62. The van der Waals surface area contributed by atoms with Crippen LogP contribution in [0.4, 0.5) is 0 Å². The molecule has 3 unspecified atom stereocenters. The molecule has 0 saturated carbocycles. The van der Waals surface area contributed by atoms with Gasteiger partial charge < -0.3 is 5.11 Å². The lowest BCUT2D eigenvalue weighted by Crippen LogP contribution is -2.05. The lowest BCUT2D eigenvalue weighted by atomic mass is 9.91. The van der Waals surface area contributed by atoms with Crippen molar-refractivity contribution in [1.29, 1.82) is 0 Å². The second kappa shape index (κ2) is 13.0. The molecule has 2 heteroatoms. The van der Waals surface area contributed by atoms with Crippen LogP contribution >= 0.6 is 0 Å². The van der Waals surface area contributed by atoms with Gasteiger partial charge in [0.1, 0.15) is 0 Å². The topological polar surface area (TPSA) is 37.3 Å². The van der Waals surface area contributed by atoms with E-state index < -0.39 is 18.7 Å². The van der Waals surface area contributed by atoms with E-state index in [1.807, 2.05) is 0 Å². The first-order chi connectivity index (χ1) is 11.5. The molecule has 0 aromatic heterocycles. The van der Waals surface area contributed by atoms with E-state index in [1.54, 1.807) is 0 Å². The molecule has 0 aliphatic heterocycles. The molecule has 0 aromatic rings. The number of hydrogen-bond acceptors (Lipinski definition) is 1. The van der Waals surface area contributed by atoms with E-state index in [-0.39, 0.29) is 6.42 Å². The van der Waals surface area contributed by atoms with Crippen molar-refractivity contribution in [3.8, 4) is 0 Å². The van der Waals surface area contributed by atoms with Crippen molar-refractivity contribution in [3.63, 3.8) is 0 Å². The molecule has 0 heterocycles. The smallest absolute Gasteiger partial charge is 0.303 e. The predicted molar refractivity (Wildman–Crippen MR) is 96.1 cm³/mol. The maximum Gasteiger partial charge on any atom is 0.303 e. The van der Waals surface area contributed by atoms with E-state index in [2.05, 4.69) is 27.7 Å². The molecule has 0 rings (SSSR count). The Morgan fingerprint density at radius 3 is 1.59 bits per heavy atom. The van der Waals surface area contributed by atoms with Gasteiger partial charge in [-0.2, -0.15) is 0 Å². The maximum atomic E-state index is 10.8. The lowest BCUT2D eigenvalue weighted by Gasteiger charge is -2.15. The van der Waals surface area contributed by atoms with Crippen molar-refractivity contribution in [3.05, 3.63) is 0 Å². The molecule has 1 N–H and O–H groups in total. The Hall–Kier alpha value is -0.530. The quantitative estimate of drug-likeness (QED) is 0.395. The summed E-state index contributed by atoms with van der Waals surface area (Å²) in [6.45, 7) is 6.97. The van der Waals surface area contributed by atoms with Gasteiger partial charge in [-0.1, -0.05) is 92.3 Å². The van der Waals surface area contributed by atoms with Gasteiger partial charge in [0.25, 0.3) is 0 Å². The summed E-state index contributed by atoms with van der Waals surface area (Å²) in [7, 11) is 0. The van der Waals surface area contributed by atoms with Crippen LogP contribution in [0, 0.1) is 23.7 Å². The van der Waals surface area contributed by atoms with Crippen LogP contribution in [-0.2, 0) is 4.79 Å². The molecule has 0 amide bonds. The van der Waals surface area contributed by atoms with E-state index in [0.29, 0.717) is 12.3 Å². The van der Waals surface area contributed by atoms with Crippen molar-refractivity contribution in [2.75, 3.05) is 0 Å². The number of carbonyl (C=O) groups is 1. The van der Waals surface area contributed by atoms with Crippen molar-refractivity contribution in [2.24, 2.45) is 23.7 Å². The average molecular weight is 316 g/mol. The molecule has 0 aromatic carbocycles. The summed E-state index contributed by atoms with van der Waals surface area (Å²) in [5, 5.41) is 8.87. The third kappa shape index (κ3) is 14.4. The van der Waals surface area contributed by atoms with Gasteiger partial charge in [0.15, 0.2) is 0 Å². The summed E-state index contributed by atoms with van der Waals surface area (Å²) in [6.07, 6.45) is 9.71. The molecular weight excluding hydrogens is 272 g/mol. The Bertz CT molecular complexity index is 353. The summed E-state index contributed by atoms with van der Waals surface area (Å²) in [5.41, 5.74) is 0. The molecule has 0 saturated heterocycles. The number of carboxylic acids is 1. The number of carboxylic acid groups (broad SMARTS) is 1. The number of aliphatic carboxylic acids is 1. The number of hydrogen-bond donors (Lipinski definition) is 1.